The molecule has 6 heteroatoms. The van der Waals surface area contributed by atoms with Crippen LogP contribution in [0.2, 0.25) is 0 Å². The molecule has 1 aliphatic carbocycles. The lowest BCUT2D eigenvalue weighted by molar-refractivity contribution is -0.139. The van der Waals surface area contributed by atoms with Gasteiger partial charge in [0.1, 0.15) is 6.61 Å². The van der Waals surface area contributed by atoms with Crippen LogP contribution in [0, 0.1) is 5.41 Å². The lowest BCUT2D eigenvalue weighted by Crippen LogP contribution is -2.24. The molecular formula is C14H22N2O4. The zero-order valence-electron chi connectivity index (χ0n) is 11.9. The van der Waals surface area contributed by atoms with Crippen molar-refractivity contribution in [2.24, 2.45) is 5.41 Å². The van der Waals surface area contributed by atoms with Crippen LogP contribution >= 0.6 is 0 Å². The Kier molecular flexibility index (Phi) is 5.11. The lowest BCUT2D eigenvalue weighted by atomic mass is 9.79. The van der Waals surface area contributed by atoms with E-state index in [1.807, 2.05) is 6.92 Å². The molecule has 1 aliphatic rings. The van der Waals surface area contributed by atoms with Crippen LogP contribution in [0.4, 0.5) is 0 Å². The minimum absolute atomic E-state index is 0.178. The summed E-state index contributed by atoms with van der Waals surface area (Å²) < 4.78 is 10.6. The van der Waals surface area contributed by atoms with Crippen LogP contribution < -0.4 is 0 Å². The van der Waals surface area contributed by atoms with E-state index >= 15 is 0 Å². The number of nitrogens with zero attached hydrogens (tertiary/aromatic N) is 2. The van der Waals surface area contributed by atoms with Crippen LogP contribution in [-0.2, 0) is 22.6 Å². The van der Waals surface area contributed by atoms with Crippen LogP contribution in [0.3, 0.4) is 0 Å². The summed E-state index contributed by atoms with van der Waals surface area (Å²) in [5, 5.41) is 13.0. The van der Waals surface area contributed by atoms with E-state index < -0.39 is 5.97 Å². The Morgan fingerprint density at radius 2 is 2.20 bits per heavy atom. The molecule has 1 saturated carbocycles. The van der Waals surface area contributed by atoms with Crippen molar-refractivity contribution >= 4 is 5.97 Å². The summed E-state index contributed by atoms with van der Waals surface area (Å²) in [5.74, 6) is 0.318. The van der Waals surface area contributed by atoms with Gasteiger partial charge in [0.2, 0.25) is 5.89 Å². The van der Waals surface area contributed by atoms with E-state index in [0.29, 0.717) is 31.3 Å². The van der Waals surface area contributed by atoms with Crippen LogP contribution in [-0.4, -0.2) is 27.8 Å². The Labute approximate surface area is 118 Å². The summed E-state index contributed by atoms with van der Waals surface area (Å²) in [4.78, 5) is 15.3. The summed E-state index contributed by atoms with van der Waals surface area (Å²) in [6, 6.07) is 0. The average Bonchev–Trinajstić information content (AvgIpc) is 3.00. The van der Waals surface area contributed by atoms with Gasteiger partial charge in [-0.1, -0.05) is 24.9 Å². The Morgan fingerprint density at radius 1 is 1.45 bits per heavy atom. The first kappa shape index (κ1) is 15.0. The van der Waals surface area contributed by atoms with Gasteiger partial charge in [0.05, 0.1) is 6.42 Å². The molecule has 1 aromatic heterocycles. The van der Waals surface area contributed by atoms with E-state index in [1.54, 1.807) is 0 Å². The normalized spacial score (nSPS) is 17.4. The number of aliphatic carboxylic acids is 1. The maximum atomic E-state index is 11.0. The smallest absolute Gasteiger partial charge is 0.303 e. The van der Waals surface area contributed by atoms with Crippen molar-refractivity contribution in [1.82, 2.24) is 10.1 Å². The molecule has 0 amide bonds. The average molecular weight is 282 g/mol. The molecular weight excluding hydrogens is 260 g/mol. The van der Waals surface area contributed by atoms with Crippen LogP contribution in [0.25, 0.3) is 0 Å². The monoisotopic (exact) mass is 282 g/mol. The molecule has 112 valence electrons. The van der Waals surface area contributed by atoms with Gasteiger partial charge in [-0.2, -0.15) is 4.98 Å². The van der Waals surface area contributed by atoms with Gasteiger partial charge in [-0.25, -0.2) is 0 Å². The van der Waals surface area contributed by atoms with E-state index in [4.69, 9.17) is 14.4 Å². The molecule has 0 aromatic carbocycles. The second-order valence-corrected chi connectivity index (χ2v) is 5.61. The SMILES string of the molecule is CCCOCc1noc(CC2(CC(=O)O)CCCC2)n1. The molecule has 0 bridgehead atoms. The summed E-state index contributed by atoms with van der Waals surface area (Å²) >= 11 is 0. The zero-order valence-corrected chi connectivity index (χ0v) is 11.9. The number of hydrogen-bond acceptors (Lipinski definition) is 5. The summed E-state index contributed by atoms with van der Waals surface area (Å²) in [5.41, 5.74) is -0.208. The minimum atomic E-state index is -0.752. The Hall–Kier alpha value is -1.43. The lowest BCUT2D eigenvalue weighted by Gasteiger charge is -2.24. The molecule has 0 atom stereocenters. The predicted molar refractivity (Wildman–Crippen MR) is 71.1 cm³/mol. The zero-order chi connectivity index (χ0) is 14.4. The Morgan fingerprint density at radius 3 is 2.85 bits per heavy atom. The van der Waals surface area contributed by atoms with E-state index in [0.717, 1.165) is 32.1 Å². The van der Waals surface area contributed by atoms with Gasteiger partial charge in [-0.05, 0) is 24.7 Å². The van der Waals surface area contributed by atoms with Gasteiger partial charge < -0.3 is 14.4 Å². The third kappa shape index (κ3) is 4.03. The topological polar surface area (TPSA) is 85.5 Å². The second kappa shape index (κ2) is 6.83. The molecule has 1 N–H and O–H groups in total. The Bertz CT molecular complexity index is 438. The molecule has 1 fully saturated rings. The first-order valence-electron chi connectivity index (χ1n) is 7.24. The highest BCUT2D eigenvalue weighted by molar-refractivity contribution is 5.67. The van der Waals surface area contributed by atoms with Crippen molar-refractivity contribution in [3.63, 3.8) is 0 Å². The number of aromatic nitrogens is 2. The number of carbonyl (C=O) groups is 1. The second-order valence-electron chi connectivity index (χ2n) is 5.61. The van der Waals surface area contributed by atoms with Gasteiger partial charge in [0.15, 0.2) is 5.82 Å². The van der Waals surface area contributed by atoms with E-state index in [-0.39, 0.29) is 11.8 Å². The fourth-order valence-corrected chi connectivity index (χ4v) is 2.91. The number of carboxylic acid groups (broad SMARTS) is 1. The van der Waals surface area contributed by atoms with Crippen LogP contribution in [0.1, 0.15) is 57.2 Å². The molecule has 0 radical (unpaired) electrons. The third-order valence-electron chi connectivity index (χ3n) is 3.81. The minimum Gasteiger partial charge on any atom is -0.481 e. The third-order valence-corrected chi connectivity index (χ3v) is 3.81. The van der Waals surface area contributed by atoms with Gasteiger partial charge in [0, 0.05) is 13.0 Å². The van der Waals surface area contributed by atoms with Gasteiger partial charge in [0.25, 0.3) is 0 Å². The van der Waals surface area contributed by atoms with Crippen molar-refractivity contribution in [3.05, 3.63) is 11.7 Å². The quantitative estimate of drug-likeness (QED) is 0.737. The van der Waals surface area contributed by atoms with Crippen molar-refractivity contribution in [3.8, 4) is 0 Å². The number of rotatable bonds is 8. The number of ether oxygens (including phenoxy) is 1. The number of hydrogen-bond donors (Lipinski definition) is 1. The van der Waals surface area contributed by atoms with Crippen molar-refractivity contribution in [1.29, 1.82) is 0 Å². The summed E-state index contributed by atoms with van der Waals surface area (Å²) in [6.45, 7) is 3.06. The standard InChI is InChI=1S/C14H22N2O4/c1-2-7-19-10-11-15-12(20-16-11)8-14(9-13(17)18)5-3-4-6-14/h2-10H2,1H3,(H,17,18). The van der Waals surface area contributed by atoms with Crippen molar-refractivity contribution in [2.45, 2.75) is 58.5 Å². The van der Waals surface area contributed by atoms with Crippen LogP contribution in [0.15, 0.2) is 4.52 Å². The first-order chi connectivity index (χ1) is 9.63. The molecule has 0 spiro atoms. The fraction of sp³-hybridized carbons (Fsp3) is 0.786. The molecule has 1 heterocycles. The van der Waals surface area contributed by atoms with Gasteiger partial charge in [-0.15, -0.1) is 0 Å². The fourth-order valence-electron chi connectivity index (χ4n) is 2.91. The maximum absolute atomic E-state index is 11.0. The molecule has 1 aromatic rings. The molecule has 0 aliphatic heterocycles. The van der Waals surface area contributed by atoms with Gasteiger partial charge >= 0.3 is 5.97 Å². The van der Waals surface area contributed by atoms with Gasteiger partial charge in [-0.3, -0.25) is 4.79 Å². The highest BCUT2D eigenvalue weighted by atomic mass is 16.5. The summed E-state index contributed by atoms with van der Waals surface area (Å²) in [6.07, 6.45) is 5.68. The summed E-state index contributed by atoms with van der Waals surface area (Å²) in [7, 11) is 0. The van der Waals surface area contributed by atoms with Crippen LogP contribution in [0.5, 0.6) is 0 Å². The largest absolute Gasteiger partial charge is 0.481 e. The van der Waals surface area contributed by atoms with E-state index in [1.165, 1.54) is 0 Å². The molecule has 0 unspecified atom stereocenters. The van der Waals surface area contributed by atoms with E-state index in [2.05, 4.69) is 10.1 Å². The predicted octanol–water partition coefficient (Wildman–Crippen LogP) is 2.57. The highest BCUT2D eigenvalue weighted by Gasteiger charge is 2.37. The van der Waals surface area contributed by atoms with Crippen molar-refractivity contribution < 1.29 is 19.2 Å². The molecule has 6 nitrogen and oxygen atoms in total. The molecule has 0 saturated heterocycles. The maximum Gasteiger partial charge on any atom is 0.303 e. The molecule has 20 heavy (non-hydrogen) atoms. The molecule has 2 rings (SSSR count). The number of carboxylic acids is 1. The highest BCUT2D eigenvalue weighted by Crippen LogP contribution is 2.43. The first-order valence-corrected chi connectivity index (χ1v) is 7.24. The van der Waals surface area contributed by atoms with Crippen molar-refractivity contribution in [2.75, 3.05) is 6.61 Å². The Balaban J connectivity index is 1.95. The van der Waals surface area contributed by atoms with E-state index in [9.17, 15) is 4.79 Å².